The van der Waals surface area contributed by atoms with Crippen LogP contribution in [0.3, 0.4) is 0 Å². The van der Waals surface area contributed by atoms with Crippen LogP contribution in [0.25, 0.3) is 0 Å². The Kier molecular flexibility index (Phi) is 4.93. The Morgan fingerprint density at radius 2 is 2.26 bits per heavy atom. The number of nitrogens with zero attached hydrogens (tertiary/aromatic N) is 3. The minimum absolute atomic E-state index is 0.101. The lowest BCUT2D eigenvalue weighted by Gasteiger charge is -2.32. The molecule has 1 saturated heterocycles. The molecule has 1 aromatic rings. The molecule has 19 heavy (non-hydrogen) atoms. The van der Waals surface area contributed by atoms with Crippen LogP contribution >= 0.6 is 11.6 Å². The molecule has 0 bridgehead atoms. The third-order valence-corrected chi connectivity index (χ3v) is 3.54. The van der Waals surface area contributed by atoms with E-state index >= 15 is 0 Å². The molecule has 0 saturated carbocycles. The number of likely N-dealkylation sites (tertiary alicyclic amines) is 1. The number of hydrogen-bond donors (Lipinski definition) is 2. The molecule has 1 aromatic heterocycles. The van der Waals surface area contributed by atoms with E-state index in [1.165, 1.54) is 18.8 Å². The van der Waals surface area contributed by atoms with Crippen molar-refractivity contribution in [3.8, 4) is 0 Å². The molecular weight excluding hydrogens is 266 g/mol. The van der Waals surface area contributed by atoms with Gasteiger partial charge in [0.2, 0.25) is 0 Å². The van der Waals surface area contributed by atoms with Gasteiger partial charge in [0.05, 0.1) is 6.54 Å². The van der Waals surface area contributed by atoms with Crippen molar-refractivity contribution in [2.45, 2.75) is 32.2 Å². The van der Waals surface area contributed by atoms with E-state index in [1.807, 2.05) is 0 Å². The predicted molar refractivity (Wildman–Crippen MR) is 73.7 cm³/mol. The van der Waals surface area contributed by atoms with Gasteiger partial charge in [0.15, 0.2) is 11.0 Å². The fourth-order valence-corrected chi connectivity index (χ4v) is 2.30. The van der Waals surface area contributed by atoms with Crippen molar-refractivity contribution in [2.75, 3.05) is 18.5 Å². The Labute approximate surface area is 117 Å². The molecule has 6 nitrogen and oxygen atoms in total. The quantitative estimate of drug-likeness (QED) is 0.819. The SMILES string of the molecule is C[C@@H]1CCCCN1CC(=O)NNc1nccnc1Cl. The van der Waals surface area contributed by atoms with Gasteiger partial charge in [0, 0.05) is 18.4 Å². The molecule has 0 unspecified atom stereocenters. The van der Waals surface area contributed by atoms with Crippen molar-refractivity contribution in [1.82, 2.24) is 20.3 Å². The number of anilines is 1. The lowest BCUT2D eigenvalue weighted by atomic mass is 10.0. The van der Waals surface area contributed by atoms with Crippen molar-refractivity contribution < 1.29 is 4.79 Å². The second kappa shape index (κ2) is 6.68. The fraction of sp³-hybridized carbons (Fsp3) is 0.583. The van der Waals surface area contributed by atoms with Gasteiger partial charge in [-0.05, 0) is 26.3 Å². The van der Waals surface area contributed by atoms with Crippen LogP contribution in [-0.2, 0) is 4.79 Å². The van der Waals surface area contributed by atoms with E-state index in [2.05, 4.69) is 32.6 Å². The molecule has 0 aromatic carbocycles. The Morgan fingerprint density at radius 1 is 1.47 bits per heavy atom. The Morgan fingerprint density at radius 3 is 3.00 bits per heavy atom. The van der Waals surface area contributed by atoms with Gasteiger partial charge in [-0.2, -0.15) is 0 Å². The molecule has 0 radical (unpaired) electrons. The number of hydrazine groups is 1. The highest BCUT2D eigenvalue weighted by atomic mass is 35.5. The Balaban J connectivity index is 1.80. The second-order valence-corrected chi connectivity index (χ2v) is 5.04. The summed E-state index contributed by atoms with van der Waals surface area (Å²) in [5.74, 6) is 0.250. The zero-order valence-corrected chi connectivity index (χ0v) is 11.7. The van der Waals surface area contributed by atoms with Gasteiger partial charge in [-0.25, -0.2) is 9.97 Å². The molecule has 1 amide bonds. The number of aromatic nitrogens is 2. The summed E-state index contributed by atoms with van der Waals surface area (Å²) in [5, 5.41) is 0.231. The van der Waals surface area contributed by atoms with Gasteiger partial charge in [0.25, 0.3) is 5.91 Å². The molecule has 1 atom stereocenters. The van der Waals surface area contributed by atoms with E-state index in [-0.39, 0.29) is 11.1 Å². The molecule has 0 spiro atoms. The number of nitrogens with one attached hydrogen (secondary N) is 2. The molecule has 104 valence electrons. The topological polar surface area (TPSA) is 70.2 Å². The largest absolute Gasteiger partial charge is 0.292 e. The average Bonchev–Trinajstić information content (AvgIpc) is 2.40. The smallest absolute Gasteiger partial charge is 0.252 e. The molecule has 2 heterocycles. The van der Waals surface area contributed by atoms with Crippen LogP contribution in [-0.4, -0.2) is 39.9 Å². The number of amides is 1. The first-order chi connectivity index (χ1) is 9.16. The number of rotatable bonds is 4. The highest BCUT2D eigenvalue weighted by Gasteiger charge is 2.20. The molecule has 2 N–H and O–H groups in total. The number of carbonyl (C=O) groups excluding carboxylic acids is 1. The highest BCUT2D eigenvalue weighted by molar-refractivity contribution is 6.31. The zero-order chi connectivity index (χ0) is 13.7. The minimum atomic E-state index is -0.101. The van der Waals surface area contributed by atoms with Gasteiger partial charge in [0.1, 0.15) is 0 Å². The Bertz CT molecular complexity index is 442. The molecule has 0 aliphatic carbocycles. The summed E-state index contributed by atoms with van der Waals surface area (Å²) in [5.41, 5.74) is 5.28. The summed E-state index contributed by atoms with van der Waals surface area (Å²) in [6.07, 6.45) is 6.54. The summed E-state index contributed by atoms with van der Waals surface area (Å²) in [6, 6.07) is 0.458. The monoisotopic (exact) mass is 283 g/mol. The maximum absolute atomic E-state index is 11.8. The van der Waals surface area contributed by atoms with Gasteiger partial charge in [-0.15, -0.1) is 0 Å². The van der Waals surface area contributed by atoms with Crippen LogP contribution in [0.15, 0.2) is 12.4 Å². The summed E-state index contributed by atoms with van der Waals surface area (Å²) >= 11 is 5.82. The molecular formula is C12H18ClN5O. The summed E-state index contributed by atoms with van der Waals surface area (Å²) in [7, 11) is 0. The van der Waals surface area contributed by atoms with Crippen LogP contribution in [0.2, 0.25) is 5.15 Å². The van der Waals surface area contributed by atoms with Gasteiger partial charge >= 0.3 is 0 Å². The van der Waals surface area contributed by atoms with E-state index in [4.69, 9.17) is 11.6 Å². The van der Waals surface area contributed by atoms with Crippen LogP contribution in [0.5, 0.6) is 0 Å². The number of carbonyl (C=O) groups is 1. The highest BCUT2D eigenvalue weighted by Crippen LogP contribution is 2.16. The lowest BCUT2D eigenvalue weighted by Crippen LogP contribution is -2.45. The van der Waals surface area contributed by atoms with E-state index in [0.29, 0.717) is 18.4 Å². The van der Waals surface area contributed by atoms with Crippen molar-refractivity contribution in [3.05, 3.63) is 17.5 Å². The van der Waals surface area contributed by atoms with Gasteiger partial charge in [-0.1, -0.05) is 18.0 Å². The third-order valence-electron chi connectivity index (χ3n) is 3.26. The van der Waals surface area contributed by atoms with Crippen molar-refractivity contribution >= 4 is 23.3 Å². The first-order valence-corrected chi connectivity index (χ1v) is 6.80. The van der Waals surface area contributed by atoms with E-state index in [1.54, 1.807) is 0 Å². The normalized spacial score (nSPS) is 20.0. The average molecular weight is 284 g/mol. The van der Waals surface area contributed by atoms with Crippen molar-refractivity contribution in [2.24, 2.45) is 0 Å². The first-order valence-electron chi connectivity index (χ1n) is 6.42. The summed E-state index contributed by atoms with van der Waals surface area (Å²) in [6.45, 7) is 3.51. The maximum Gasteiger partial charge on any atom is 0.252 e. The fourth-order valence-electron chi connectivity index (χ4n) is 2.15. The minimum Gasteiger partial charge on any atom is -0.292 e. The molecule has 1 fully saturated rings. The van der Waals surface area contributed by atoms with Gasteiger partial charge < -0.3 is 0 Å². The standard InChI is InChI=1S/C12H18ClN5O/c1-9-4-2-3-7-18(9)8-10(19)16-17-12-11(13)14-5-6-15-12/h5-6,9H,2-4,7-8H2,1H3,(H,15,17)(H,16,19)/t9-/m1/s1. The van der Waals surface area contributed by atoms with Crippen molar-refractivity contribution in [3.63, 3.8) is 0 Å². The van der Waals surface area contributed by atoms with Crippen LogP contribution in [0, 0.1) is 0 Å². The van der Waals surface area contributed by atoms with Crippen LogP contribution in [0.4, 0.5) is 5.82 Å². The summed E-state index contributed by atoms with van der Waals surface area (Å²) in [4.78, 5) is 21.9. The predicted octanol–water partition coefficient (Wildman–Crippen LogP) is 1.45. The molecule has 7 heteroatoms. The molecule has 1 aliphatic rings. The van der Waals surface area contributed by atoms with Crippen molar-refractivity contribution in [1.29, 1.82) is 0 Å². The zero-order valence-electron chi connectivity index (χ0n) is 10.9. The van der Waals surface area contributed by atoms with Gasteiger partial charge in [-0.3, -0.25) is 20.5 Å². The first kappa shape index (κ1) is 14.0. The lowest BCUT2D eigenvalue weighted by molar-refractivity contribution is -0.122. The van der Waals surface area contributed by atoms with E-state index < -0.39 is 0 Å². The molecule has 2 rings (SSSR count). The number of piperidine rings is 1. The van der Waals surface area contributed by atoms with Crippen LogP contribution in [0.1, 0.15) is 26.2 Å². The number of hydrogen-bond acceptors (Lipinski definition) is 5. The van der Waals surface area contributed by atoms with E-state index in [0.717, 1.165) is 19.4 Å². The third kappa shape index (κ3) is 4.04. The Hall–Kier alpha value is -1.40. The molecule has 1 aliphatic heterocycles. The maximum atomic E-state index is 11.8. The second-order valence-electron chi connectivity index (χ2n) is 4.68. The summed E-state index contributed by atoms with van der Waals surface area (Å²) < 4.78 is 0. The number of halogens is 1. The van der Waals surface area contributed by atoms with Crippen LogP contribution < -0.4 is 10.9 Å². The van der Waals surface area contributed by atoms with E-state index in [9.17, 15) is 4.79 Å².